The molecule has 28 heavy (non-hydrogen) atoms. The quantitative estimate of drug-likeness (QED) is 0.666. The van der Waals surface area contributed by atoms with Crippen LogP contribution in [-0.4, -0.2) is 27.5 Å². The summed E-state index contributed by atoms with van der Waals surface area (Å²) < 4.78 is 6.67. The number of carbonyl (C=O) groups is 2. The molecule has 2 aromatic heterocycles. The number of aromatic nitrogens is 2. The Bertz CT molecular complexity index is 1100. The van der Waals surface area contributed by atoms with Gasteiger partial charge in [0.25, 0.3) is 11.5 Å². The summed E-state index contributed by atoms with van der Waals surface area (Å²) >= 11 is 1.09. The zero-order valence-electron chi connectivity index (χ0n) is 16.1. The summed E-state index contributed by atoms with van der Waals surface area (Å²) in [6.07, 6.45) is 0.454. The maximum Gasteiger partial charge on any atom is 0.349 e. The average Bonchev–Trinajstić information content (AvgIpc) is 3.01. The number of carbonyl (C=O) groups excluding carboxylic acids is 2. The van der Waals surface area contributed by atoms with Crippen LogP contribution in [0.25, 0.3) is 10.2 Å². The van der Waals surface area contributed by atoms with E-state index < -0.39 is 12.1 Å². The Morgan fingerprint density at radius 2 is 1.93 bits per heavy atom. The van der Waals surface area contributed by atoms with Crippen LogP contribution in [0.2, 0.25) is 0 Å². The van der Waals surface area contributed by atoms with Crippen LogP contribution in [0.3, 0.4) is 0 Å². The fourth-order valence-electron chi connectivity index (χ4n) is 2.71. The second kappa shape index (κ2) is 7.93. The zero-order chi connectivity index (χ0) is 20.4. The number of thiophene rings is 1. The van der Waals surface area contributed by atoms with Crippen LogP contribution in [-0.2, 0) is 23.1 Å². The minimum atomic E-state index is -0.960. The molecule has 8 heteroatoms. The minimum absolute atomic E-state index is 0.221. The van der Waals surface area contributed by atoms with Crippen molar-refractivity contribution in [2.24, 2.45) is 7.05 Å². The highest BCUT2D eigenvalue weighted by Gasteiger charge is 2.24. The number of amides is 1. The molecule has 2 heterocycles. The first-order valence-corrected chi connectivity index (χ1v) is 9.58. The summed E-state index contributed by atoms with van der Waals surface area (Å²) in [5, 5.41) is 3.16. The third-order valence-electron chi connectivity index (χ3n) is 4.44. The monoisotopic (exact) mass is 399 g/mol. The molecule has 1 amide bonds. The highest BCUT2D eigenvalue weighted by atomic mass is 32.1. The Morgan fingerprint density at radius 1 is 1.25 bits per heavy atom. The first-order chi connectivity index (χ1) is 13.3. The molecule has 0 aliphatic rings. The Kier molecular flexibility index (Phi) is 5.60. The maximum atomic E-state index is 12.5. The predicted octanol–water partition coefficient (Wildman–Crippen LogP) is 2.47. The molecule has 1 atom stereocenters. The number of fused-ring (bicyclic) bond motifs is 1. The molecule has 0 fully saturated rings. The number of benzene rings is 1. The smallest absolute Gasteiger partial charge is 0.349 e. The van der Waals surface area contributed by atoms with Gasteiger partial charge in [-0.1, -0.05) is 29.8 Å². The molecule has 3 rings (SSSR count). The van der Waals surface area contributed by atoms with Gasteiger partial charge in [0.15, 0.2) is 6.10 Å². The van der Waals surface area contributed by atoms with Gasteiger partial charge >= 0.3 is 5.97 Å². The molecular weight excluding hydrogens is 378 g/mol. The third kappa shape index (κ3) is 3.96. The van der Waals surface area contributed by atoms with Gasteiger partial charge < -0.3 is 14.6 Å². The van der Waals surface area contributed by atoms with Crippen molar-refractivity contribution in [2.75, 3.05) is 0 Å². The normalized spacial score (nSPS) is 12.0. The number of nitrogens with zero attached hydrogens (tertiary/aromatic N) is 2. The minimum Gasteiger partial charge on any atom is -0.448 e. The van der Waals surface area contributed by atoms with E-state index in [1.165, 1.54) is 17.8 Å². The Morgan fingerprint density at radius 3 is 2.61 bits per heavy atom. The van der Waals surface area contributed by atoms with Crippen molar-refractivity contribution in [2.45, 2.75) is 33.4 Å². The van der Waals surface area contributed by atoms with E-state index in [2.05, 4.69) is 10.3 Å². The molecule has 0 saturated heterocycles. The lowest BCUT2D eigenvalue weighted by molar-refractivity contribution is -0.129. The van der Waals surface area contributed by atoms with Crippen molar-refractivity contribution in [3.05, 3.63) is 62.5 Å². The predicted molar refractivity (Wildman–Crippen MR) is 108 cm³/mol. The van der Waals surface area contributed by atoms with Gasteiger partial charge in [0.05, 0.1) is 11.7 Å². The van der Waals surface area contributed by atoms with Gasteiger partial charge in [0.1, 0.15) is 9.71 Å². The molecular formula is C20H21N3O4S. The van der Waals surface area contributed by atoms with E-state index in [9.17, 15) is 14.4 Å². The molecule has 146 valence electrons. The number of rotatable bonds is 5. The van der Waals surface area contributed by atoms with Crippen molar-refractivity contribution in [1.82, 2.24) is 14.9 Å². The molecule has 0 saturated carbocycles. The zero-order valence-corrected chi connectivity index (χ0v) is 16.9. The highest BCUT2D eigenvalue weighted by molar-refractivity contribution is 7.20. The van der Waals surface area contributed by atoms with Crippen LogP contribution in [0.4, 0.5) is 0 Å². The van der Waals surface area contributed by atoms with Crippen LogP contribution < -0.4 is 10.9 Å². The van der Waals surface area contributed by atoms with Gasteiger partial charge in [-0.2, -0.15) is 0 Å². The molecule has 1 unspecified atom stereocenters. The van der Waals surface area contributed by atoms with Gasteiger partial charge in [-0.25, -0.2) is 9.78 Å². The molecule has 3 aromatic rings. The van der Waals surface area contributed by atoms with E-state index in [1.54, 1.807) is 14.0 Å². The SMILES string of the molecule is Cc1ccc(CNC(=O)C(C)OC(=O)c2sc3ncn(C)c(=O)c3c2C)cc1. The van der Waals surface area contributed by atoms with E-state index in [0.717, 1.165) is 22.5 Å². The molecule has 0 aliphatic heterocycles. The van der Waals surface area contributed by atoms with E-state index >= 15 is 0 Å². The summed E-state index contributed by atoms with van der Waals surface area (Å²) in [5.41, 5.74) is 2.40. The third-order valence-corrected chi connectivity index (χ3v) is 5.62. The second-order valence-electron chi connectivity index (χ2n) is 6.65. The lowest BCUT2D eigenvalue weighted by Crippen LogP contribution is -2.35. The van der Waals surface area contributed by atoms with Gasteiger partial charge in [-0.05, 0) is 31.9 Å². The number of hydrogen-bond donors (Lipinski definition) is 1. The van der Waals surface area contributed by atoms with Crippen molar-refractivity contribution >= 4 is 33.4 Å². The molecule has 0 spiro atoms. The highest BCUT2D eigenvalue weighted by Crippen LogP contribution is 2.27. The van der Waals surface area contributed by atoms with Gasteiger partial charge in [0, 0.05) is 13.6 Å². The summed E-state index contributed by atoms with van der Waals surface area (Å²) in [7, 11) is 1.60. The van der Waals surface area contributed by atoms with Crippen LogP contribution in [0.5, 0.6) is 0 Å². The van der Waals surface area contributed by atoms with Crippen LogP contribution >= 0.6 is 11.3 Å². The van der Waals surface area contributed by atoms with E-state index in [0.29, 0.717) is 22.3 Å². The standard InChI is InChI=1S/C20H21N3O4S/c1-11-5-7-14(8-6-11)9-21-17(24)13(3)27-20(26)16-12(2)15-18(28-16)22-10-23(4)19(15)25/h5-8,10,13H,9H2,1-4H3,(H,21,24). The topological polar surface area (TPSA) is 90.3 Å². The second-order valence-corrected chi connectivity index (χ2v) is 7.65. The lowest BCUT2D eigenvalue weighted by Gasteiger charge is -2.13. The average molecular weight is 399 g/mol. The summed E-state index contributed by atoms with van der Waals surface area (Å²) in [5.74, 6) is -1.03. The van der Waals surface area contributed by atoms with E-state index in [4.69, 9.17) is 4.74 Å². The molecule has 1 aromatic carbocycles. The Balaban J connectivity index is 1.68. The molecule has 1 N–H and O–H groups in total. The molecule has 0 aliphatic carbocycles. The molecule has 0 bridgehead atoms. The van der Waals surface area contributed by atoms with Crippen LogP contribution in [0, 0.1) is 13.8 Å². The fourth-order valence-corrected chi connectivity index (χ4v) is 3.73. The largest absolute Gasteiger partial charge is 0.448 e. The van der Waals surface area contributed by atoms with Crippen molar-refractivity contribution in [3.63, 3.8) is 0 Å². The van der Waals surface area contributed by atoms with E-state index in [1.807, 2.05) is 31.2 Å². The number of ether oxygens (including phenoxy) is 1. The van der Waals surface area contributed by atoms with E-state index in [-0.39, 0.29) is 16.3 Å². The fraction of sp³-hybridized carbons (Fsp3) is 0.300. The van der Waals surface area contributed by atoms with Crippen LogP contribution in [0.1, 0.15) is 33.3 Å². The van der Waals surface area contributed by atoms with Gasteiger partial charge in [-0.15, -0.1) is 11.3 Å². The molecule has 7 nitrogen and oxygen atoms in total. The first kappa shape index (κ1) is 19.8. The van der Waals surface area contributed by atoms with Crippen molar-refractivity contribution in [1.29, 1.82) is 0 Å². The van der Waals surface area contributed by atoms with Crippen LogP contribution in [0.15, 0.2) is 35.4 Å². The Labute approximate surface area is 166 Å². The summed E-state index contributed by atoms with van der Waals surface area (Å²) in [6.45, 7) is 5.54. The lowest BCUT2D eigenvalue weighted by atomic mass is 10.1. The molecule has 0 radical (unpaired) electrons. The number of esters is 1. The first-order valence-electron chi connectivity index (χ1n) is 8.77. The maximum absolute atomic E-state index is 12.5. The number of hydrogen-bond acceptors (Lipinski definition) is 6. The number of aryl methyl sites for hydroxylation is 3. The van der Waals surface area contributed by atoms with Crippen molar-refractivity contribution in [3.8, 4) is 0 Å². The summed E-state index contributed by atoms with van der Waals surface area (Å²) in [6, 6.07) is 7.79. The van der Waals surface area contributed by atoms with Crippen molar-refractivity contribution < 1.29 is 14.3 Å². The van der Waals surface area contributed by atoms with Gasteiger partial charge in [-0.3, -0.25) is 9.59 Å². The van der Waals surface area contributed by atoms with Gasteiger partial charge in [0.2, 0.25) is 0 Å². The Hall–Kier alpha value is -3.00. The summed E-state index contributed by atoms with van der Waals surface area (Å²) in [4.78, 5) is 42.0. The number of nitrogens with one attached hydrogen (secondary N) is 1.